The van der Waals surface area contributed by atoms with Gasteiger partial charge in [0.1, 0.15) is 0 Å². The molecule has 5 nitrogen and oxygen atoms in total. The minimum Gasteiger partial charge on any atom is -0.371 e. The Morgan fingerprint density at radius 3 is 2.38 bits per heavy atom. The number of benzene rings is 2. The molecule has 4 rings (SSSR count). The number of hydrogen-bond acceptors (Lipinski definition) is 3. The van der Waals surface area contributed by atoms with E-state index in [2.05, 4.69) is 34.3 Å². The topological polar surface area (TPSA) is 41.4 Å². The Morgan fingerprint density at radius 2 is 1.72 bits per heavy atom. The third-order valence-corrected chi connectivity index (χ3v) is 5.56. The predicted octanol–water partition coefficient (Wildman–Crippen LogP) is 4.36. The summed E-state index contributed by atoms with van der Waals surface area (Å²) < 4.78 is 1.90. The summed E-state index contributed by atoms with van der Waals surface area (Å²) >= 11 is 0. The van der Waals surface area contributed by atoms with Crippen molar-refractivity contribution in [1.29, 1.82) is 0 Å². The Bertz CT molecular complexity index is 1000. The third kappa shape index (κ3) is 4.04. The molecule has 1 amide bonds. The van der Waals surface area contributed by atoms with E-state index < -0.39 is 0 Å². The number of para-hydroxylation sites is 1. The Balaban J connectivity index is 1.49. The molecular formula is C24H28N4O. The first-order chi connectivity index (χ1) is 14.0. The largest absolute Gasteiger partial charge is 0.371 e. The van der Waals surface area contributed by atoms with E-state index in [0.717, 1.165) is 30.2 Å². The molecular weight excluding hydrogens is 360 g/mol. The van der Waals surface area contributed by atoms with E-state index in [-0.39, 0.29) is 5.91 Å². The average Bonchev–Trinajstić information content (AvgIpc) is 3.37. The number of aromatic nitrogens is 2. The van der Waals surface area contributed by atoms with Gasteiger partial charge in [-0.1, -0.05) is 18.2 Å². The summed E-state index contributed by atoms with van der Waals surface area (Å²) in [5.41, 5.74) is 6.18. The molecule has 5 heteroatoms. The zero-order valence-corrected chi connectivity index (χ0v) is 17.4. The number of aryl methyl sites for hydroxylation is 2. The first-order valence-corrected chi connectivity index (χ1v) is 10.2. The number of carbonyl (C=O) groups excluding carboxylic acids is 1. The van der Waals surface area contributed by atoms with Crippen molar-refractivity contribution in [1.82, 2.24) is 14.7 Å². The molecule has 0 saturated carbocycles. The van der Waals surface area contributed by atoms with Crippen molar-refractivity contribution >= 4 is 11.6 Å². The van der Waals surface area contributed by atoms with E-state index in [0.29, 0.717) is 12.1 Å². The van der Waals surface area contributed by atoms with Crippen molar-refractivity contribution in [2.45, 2.75) is 33.2 Å². The summed E-state index contributed by atoms with van der Waals surface area (Å²) in [4.78, 5) is 17.2. The highest BCUT2D eigenvalue weighted by atomic mass is 16.2. The molecule has 0 bridgehead atoms. The lowest BCUT2D eigenvalue weighted by atomic mass is 10.1. The SMILES string of the molecule is Cc1cc(C)n(-c2ccc(C(=O)N(C)Cc3ccccc3N3CCCC3)cc2)n1. The third-order valence-electron chi connectivity index (χ3n) is 5.56. The highest BCUT2D eigenvalue weighted by Gasteiger charge is 2.18. The van der Waals surface area contributed by atoms with Crippen LogP contribution >= 0.6 is 0 Å². The van der Waals surface area contributed by atoms with Crippen molar-refractivity contribution in [2.24, 2.45) is 0 Å². The molecule has 29 heavy (non-hydrogen) atoms. The van der Waals surface area contributed by atoms with Gasteiger partial charge in [-0.3, -0.25) is 4.79 Å². The highest BCUT2D eigenvalue weighted by Crippen LogP contribution is 2.26. The summed E-state index contributed by atoms with van der Waals surface area (Å²) in [6, 6.07) is 18.2. The van der Waals surface area contributed by atoms with Crippen molar-refractivity contribution in [3.8, 4) is 5.69 Å². The van der Waals surface area contributed by atoms with Crippen molar-refractivity contribution in [3.05, 3.63) is 77.1 Å². The molecule has 0 unspecified atom stereocenters. The van der Waals surface area contributed by atoms with E-state index in [9.17, 15) is 4.79 Å². The van der Waals surface area contributed by atoms with Crippen molar-refractivity contribution in [3.63, 3.8) is 0 Å². The van der Waals surface area contributed by atoms with E-state index in [4.69, 9.17) is 0 Å². The van der Waals surface area contributed by atoms with Gasteiger partial charge in [0, 0.05) is 43.6 Å². The normalized spacial score (nSPS) is 13.7. The van der Waals surface area contributed by atoms with Crippen LogP contribution in [0, 0.1) is 13.8 Å². The number of nitrogens with zero attached hydrogens (tertiary/aromatic N) is 4. The Labute approximate surface area is 172 Å². The number of carbonyl (C=O) groups is 1. The molecule has 150 valence electrons. The molecule has 0 spiro atoms. The lowest BCUT2D eigenvalue weighted by Gasteiger charge is -2.24. The van der Waals surface area contributed by atoms with Crippen LogP contribution in [0.1, 0.15) is 40.2 Å². The van der Waals surface area contributed by atoms with Gasteiger partial charge < -0.3 is 9.80 Å². The number of amides is 1. The fourth-order valence-corrected chi connectivity index (χ4v) is 4.09. The molecule has 1 fully saturated rings. The Kier molecular flexibility index (Phi) is 5.38. The van der Waals surface area contributed by atoms with E-state index in [1.165, 1.54) is 24.1 Å². The maximum atomic E-state index is 13.0. The van der Waals surface area contributed by atoms with Crippen LogP contribution in [0.4, 0.5) is 5.69 Å². The summed E-state index contributed by atoms with van der Waals surface area (Å²) in [6.07, 6.45) is 2.48. The quantitative estimate of drug-likeness (QED) is 0.652. The summed E-state index contributed by atoms with van der Waals surface area (Å²) in [6.45, 7) is 6.82. The predicted molar refractivity (Wildman–Crippen MR) is 117 cm³/mol. The lowest BCUT2D eigenvalue weighted by Crippen LogP contribution is -2.28. The van der Waals surface area contributed by atoms with E-state index in [1.807, 2.05) is 55.9 Å². The van der Waals surface area contributed by atoms with Gasteiger partial charge in [-0.25, -0.2) is 4.68 Å². The lowest BCUT2D eigenvalue weighted by molar-refractivity contribution is 0.0785. The van der Waals surface area contributed by atoms with Crippen molar-refractivity contribution in [2.75, 3.05) is 25.0 Å². The first-order valence-electron chi connectivity index (χ1n) is 10.2. The maximum absolute atomic E-state index is 13.0. The van der Waals surface area contributed by atoms with Gasteiger partial charge in [0.25, 0.3) is 5.91 Å². The van der Waals surface area contributed by atoms with Gasteiger partial charge in [-0.15, -0.1) is 0 Å². The molecule has 2 heterocycles. The second-order valence-corrected chi connectivity index (χ2v) is 7.87. The van der Waals surface area contributed by atoms with Gasteiger partial charge in [-0.2, -0.15) is 5.10 Å². The molecule has 0 aliphatic carbocycles. The molecule has 2 aromatic carbocycles. The average molecular weight is 389 g/mol. The number of anilines is 1. The molecule has 0 radical (unpaired) electrons. The zero-order chi connectivity index (χ0) is 20.4. The molecule has 1 aliphatic heterocycles. The standard InChI is InChI=1S/C24H28N4O/c1-18-16-19(2)28(25-18)22-12-10-20(11-13-22)24(29)26(3)17-21-8-4-5-9-23(21)27-14-6-7-15-27/h4-5,8-13,16H,6-7,14-15,17H2,1-3H3. The Hall–Kier alpha value is -3.08. The van der Waals surface area contributed by atoms with Crippen LogP contribution in [-0.4, -0.2) is 40.7 Å². The van der Waals surface area contributed by atoms with Crippen LogP contribution in [0.2, 0.25) is 0 Å². The molecule has 0 atom stereocenters. The fourth-order valence-electron chi connectivity index (χ4n) is 4.09. The number of rotatable bonds is 5. The zero-order valence-electron chi connectivity index (χ0n) is 17.4. The highest BCUT2D eigenvalue weighted by molar-refractivity contribution is 5.94. The van der Waals surface area contributed by atoms with E-state index in [1.54, 1.807) is 4.90 Å². The second kappa shape index (κ2) is 8.11. The minimum atomic E-state index is 0.0288. The molecule has 3 aromatic rings. The van der Waals surface area contributed by atoms with Crippen LogP contribution < -0.4 is 4.90 Å². The molecule has 0 N–H and O–H groups in total. The Morgan fingerprint density at radius 1 is 1.03 bits per heavy atom. The molecule has 1 aromatic heterocycles. The minimum absolute atomic E-state index is 0.0288. The van der Waals surface area contributed by atoms with Crippen LogP contribution in [-0.2, 0) is 6.54 Å². The van der Waals surface area contributed by atoms with E-state index >= 15 is 0 Å². The summed E-state index contributed by atoms with van der Waals surface area (Å²) in [7, 11) is 1.87. The van der Waals surface area contributed by atoms with Crippen molar-refractivity contribution < 1.29 is 4.79 Å². The molecule has 1 saturated heterocycles. The van der Waals surface area contributed by atoms with Crippen LogP contribution in [0.5, 0.6) is 0 Å². The van der Waals surface area contributed by atoms with Crippen LogP contribution in [0.15, 0.2) is 54.6 Å². The smallest absolute Gasteiger partial charge is 0.253 e. The number of hydrogen-bond donors (Lipinski definition) is 0. The second-order valence-electron chi connectivity index (χ2n) is 7.87. The van der Waals surface area contributed by atoms with Gasteiger partial charge in [0.15, 0.2) is 0 Å². The first kappa shape index (κ1) is 19.2. The summed E-state index contributed by atoms with van der Waals surface area (Å²) in [5.74, 6) is 0.0288. The fraction of sp³-hybridized carbons (Fsp3) is 0.333. The van der Waals surface area contributed by atoms with Crippen LogP contribution in [0.3, 0.4) is 0 Å². The van der Waals surface area contributed by atoms with Gasteiger partial charge in [0.2, 0.25) is 0 Å². The summed E-state index contributed by atoms with van der Waals surface area (Å²) in [5, 5.41) is 4.51. The van der Waals surface area contributed by atoms with Gasteiger partial charge in [-0.05, 0) is 68.7 Å². The molecule has 1 aliphatic rings. The van der Waals surface area contributed by atoms with Gasteiger partial charge in [0.05, 0.1) is 11.4 Å². The van der Waals surface area contributed by atoms with Crippen LogP contribution in [0.25, 0.3) is 5.69 Å². The van der Waals surface area contributed by atoms with Gasteiger partial charge >= 0.3 is 0 Å². The maximum Gasteiger partial charge on any atom is 0.253 e. The monoisotopic (exact) mass is 388 g/mol.